The molecule has 0 saturated heterocycles. The molecule has 0 amide bonds. The van der Waals surface area contributed by atoms with E-state index in [9.17, 15) is 9.59 Å². The molecule has 0 fully saturated rings. The zero-order valence-corrected chi connectivity index (χ0v) is 9.89. The average Bonchev–Trinajstić information content (AvgIpc) is 2.36. The van der Waals surface area contributed by atoms with E-state index < -0.39 is 0 Å². The van der Waals surface area contributed by atoms with Crippen LogP contribution in [0.15, 0.2) is 30.3 Å². The molecule has 0 heterocycles. The lowest BCUT2D eigenvalue weighted by Gasteiger charge is -1.90. The van der Waals surface area contributed by atoms with Crippen LogP contribution in [0.1, 0.15) is 49.4 Å². The number of hydrogen-bond acceptors (Lipinski definition) is 2. The van der Waals surface area contributed by atoms with Crippen molar-refractivity contribution in [2.45, 2.75) is 39.0 Å². The highest BCUT2D eigenvalue weighted by Gasteiger charge is 1.83. The highest BCUT2D eigenvalue weighted by atomic mass is 16.1. The average molecular weight is 220 g/mol. The van der Waals surface area contributed by atoms with E-state index in [0.717, 1.165) is 31.0 Å². The lowest BCUT2D eigenvalue weighted by molar-refractivity contribution is -0.107. The first-order valence-electron chi connectivity index (χ1n) is 5.79. The van der Waals surface area contributed by atoms with Gasteiger partial charge in [-0.3, -0.25) is 4.79 Å². The maximum atomic E-state index is 10.0. The van der Waals surface area contributed by atoms with Crippen molar-refractivity contribution in [3.63, 3.8) is 0 Å². The summed E-state index contributed by atoms with van der Waals surface area (Å²) in [6.45, 7) is 2.17. The van der Waals surface area contributed by atoms with E-state index in [-0.39, 0.29) is 0 Å². The van der Waals surface area contributed by atoms with E-state index in [1.807, 2.05) is 18.2 Å². The summed E-state index contributed by atoms with van der Waals surface area (Å²) in [5.41, 5.74) is 0.729. The standard InChI is InChI=1S/C7H6O.C7H14O/c8-6-7-4-2-1-3-5-7;1-2-3-4-5-6-7-8/h1-6H;7H,2-6H2,1H3. The Morgan fingerprint density at radius 3 is 2.12 bits per heavy atom. The van der Waals surface area contributed by atoms with E-state index in [4.69, 9.17) is 0 Å². The maximum Gasteiger partial charge on any atom is 0.150 e. The summed E-state index contributed by atoms with van der Waals surface area (Å²) < 4.78 is 0. The van der Waals surface area contributed by atoms with E-state index >= 15 is 0 Å². The highest BCUT2D eigenvalue weighted by Crippen LogP contribution is 1.99. The van der Waals surface area contributed by atoms with Gasteiger partial charge in [0.2, 0.25) is 0 Å². The van der Waals surface area contributed by atoms with Crippen molar-refractivity contribution in [3.8, 4) is 0 Å². The van der Waals surface area contributed by atoms with Gasteiger partial charge >= 0.3 is 0 Å². The zero-order chi connectivity index (χ0) is 12.1. The summed E-state index contributed by atoms with van der Waals surface area (Å²) >= 11 is 0. The van der Waals surface area contributed by atoms with Crippen LogP contribution in [0.25, 0.3) is 0 Å². The molecule has 2 heteroatoms. The minimum atomic E-state index is 0.729. The van der Waals surface area contributed by atoms with Gasteiger partial charge in [-0.1, -0.05) is 56.5 Å². The molecule has 0 aliphatic heterocycles. The summed E-state index contributed by atoms with van der Waals surface area (Å²) in [5, 5.41) is 0. The summed E-state index contributed by atoms with van der Waals surface area (Å²) in [7, 11) is 0. The van der Waals surface area contributed by atoms with Crippen molar-refractivity contribution >= 4 is 12.6 Å². The van der Waals surface area contributed by atoms with Gasteiger partial charge in [0.25, 0.3) is 0 Å². The van der Waals surface area contributed by atoms with Crippen LogP contribution in [0.3, 0.4) is 0 Å². The van der Waals surface area contributed by atoms with E-state index in [2.05, 4.69) is 6.92 Å². The minimum Gasteiger partial charge on any atom is -0.303 e. The van der Waals surface area contributed by atoms with Gasteiger partial charge in [0.15, 0.2) is 0 Å². The molecule has 0 saturated carbocycles. The smallest absolute Gasteiger partial charge is 0.150 e. The van der Waals surface area contributed by atoms with Gasteiger partial charge < -0.3 is 4.79 Å². The van der Waals surface area contributed by atoms with Gasteiger partial charge in [0.1, 0.15) is 12.6 Å². The second kappa shape index (κ2) is 11.6. The van der Waals surface area contributed by atoms with Gasteiger partial charge in [-0.15, -0.1) is 0 Å². The normalized spacial score (nSPS) is 8.81. The lowest BCUT2D eigenvalue weighted by Crippen LogP contribution is -1.76. The molecule has 0 N–H and O–H groups in total. The SMILES string of the molecule is CCCCCCC=O.O=Cc1ccccc1. The van der Waals surface area contributed by atoms with Gasteiger partial charge in [0, 0.05) is 12.0 Å². The Labute approximate surface area is 97.7 Å². The molecule has 1 rings (SSSR count). The van der Waals surface area contributed by atoms with Crippen molar-refractivity contribution in [2.75, 3.05) is 0 Å². The molecular weight excluding hydrogens is 200 g/mol. The quantitative estimate of drug-likeness (QED) is 0.541. The number of unbranched alkanes of at least 4 members (excludes halogenated alkanes) is 4. The molecule has 2 nitrogen and oxygen atoms in total. The van der Waals surface area contributed by atoms with Crippen molar-refractivity contribution in [3.05, 3.63) is 35.9 Å². The van der Waals surface area contributed by atoms with E-state index in [0.29, 0.717) is 0 Å². The Hall–Kier alpha value is -1.44. The molecule has 0 aromatic heterocycles. The number of hydrogen-bond donors (Lipinski definition) is 0. The summed E-state index contributed by atoms with van der Waals surface area (Å²) in [5.74, 6) is 0. The van der Waals surface area contributed by atoms with Crippen LogP contribution in [0.4, 0.5) is 0 Å². The van der Waals surface area contributed by atoms with Crippen molar-refractivity contribution in [1.29, 1.82) is 0 Å². The molecular formula is C14H20O2. The predicted octanol–water partition coefficient (Wildman–Crippen LogP) is 3.65. The van der Waals surface area contributed by atoms with Crippen molar-refractivity contribution in [2.24, 2.45) is 0 Å². The third-order valence-electron chi connectivity index (χ3n) is 2.11. The fraction of sp³-hybridized carbons (Fsp3) is 0.429. The summed E-state index contributed by atoms with van der Waals surface area (Å²) in [6.07, 6.45) is 7.40. The molecule has 1 aromatic carbocycles. The number of benzene rings is 1. The van der Waals surface area contributed by atoms with Gasteiger partial charge in [-0.2, -0.15) is 0 Å². The monoisotopic (exact) mass is 220 g/mol. The fourth-order valence-corrected chi connectivity index (χ4v) is 1.19. The maximum absolute atomic E-state index is 10.0. The number of carbonyl (C=O) groups is 2. The Balaban J connectivity index is 0.000000281. The molecule has 0 aliphatic rings. The molecule has 88 valence electrons. The van der Waals surface area contributed by atoms with Crippen LogP contribution in [-0.2, 0) is 4.79 Å². The molecule has 0 bridgehead atoms. The molecule has 0 radical (unpaired) electrons. The molecule has 16 heavy (non-hydrogen) atoms. The van der Waals surface area contributed by atoms with Gasteiger partial charge in [-0.05, 0) is 6.42 Å². The molecule has 0 spiro atoms. The van der Waals surface area contributed by atoms with Crippen LogP contribution in [0.2, 0.25) is 0 Å². The first-order chi connectivity index (χ1) is 7.85. The first kappa shape index (κ1) is 14.6. The number of carbonyl (C=O) groups excluding carboxylic acids is 2. The molecule has 0 aliphatic carbocycles. The van der Waals surface area contributed by atoms with Crippen LogP contribution in [0, 0.1) is 0 Å². The zero-order valence-electron chi connectivity index (χ0n) is 9.89. The summed E-state index contributed by atoms with van der Waals surface area (Å²) in [4.78, 5) is 19.8. The number of aldehydes is 2. The highest BCUT2D eigenvalue weighted by molar-refractivity contribution is 5.74. The van der Waals surface area contributed by atoms with Crippen LogP contribution in [-0.4, -0.2) is 12.6 Å². The predicted molar refractivity (Wildman–Crippen MR) is 66.7 cm³/mol. The molecule has 0 atom stereocenters. The lowest BCUT2D eigenvalue weighted by atomic mass is 10.2. The Bertz CT molecular complexity index is 267. The second-order valence-electron chi connectivity index (χ2n) is 3.54. The Kier molecular flexibility index (Phi) is 10.6. The molecule has 0 unspecified atom stereocenters. The third kappa shape index (κ3) is 9.13. The molecule has 1 aromatic rings. The second-order valence-corrected chi connectivity index (χ2v) is 3.54. The van der Waals surface area contributed by atoms with Crippen LogP contribution < -0.4 is 0 Å². The Morgan fingerprint density at radius 2 is 1.69 bits per heavy atom. The fourth-order valence-electron chi connectivity index (χ4n) is 1.19. The third-order valence-corrected chi connectivity index (χ3v) is 2.11. The minimum absolute atomic E-state index is 0.729. The van der Waals surface area contributed by atoms with Crippen molar-refractivity contribution in [1.82, 2.24) is 0 Å². The van der Waals surface area contributed by atoms with Crippen LogP contribution in [0.5, 0.6) is 0 Å². The Morgan fingerprint density at radius 1 is 1.00 bits per heavy atom. The van der Waals surface area contributed by atoms with E-state index in [1.165, 1.54) is 19.3 Å². The summed E-state index contributed by atoms with van der Waals surface area (Å²) in [6, 6.07) is 9.10. The topological polar surface area (TPSA) is 34.1 Å². The number of rotatable bonds is 6. The van der Waals surface area contributed by atoms with Crippen molar-refractivity contribution < 1.29 is 9.59 Å². The largest absolute Gasteiger partial charge is 0.303 e. The van der Waals surface area contributed by atoms with Crippen LogP contribution >= 0.6 is 0 Å². The van der Waals surface area contributed by atoms with Gasteiger partial charge in [0.05, 0.1) is 0 Å². The van der Waals surface area contributed by atoms with E-state index in [1.54, 1.807) is 12.1 Å². The first-order valence-corrected chi connectivity index (χ1v) is 5.79. The van der Waals surface area contributed by atoms with Gasteiger partial charge in [-0.25, -0.2) is 0 Å².